The molecule has 0 saturated carbocycles. The van der Waals surface area contributed by atoms with Crippen molar-refractivity contribution < 1.29 is 9.21 Å². The van der Waals surface area contributed by atoms with Gasteiger partial charge in [0.2, 0.25) is 5.91 Å². The minimum absolute atomic E-state index is 0.174. The number of carbonyl (C=O) groups excluding carboxylic acids is 1. The van der Waals surface area contributed by atoms with E-state index < -0.39 is 0 Å². The molecular formula is C20H27N3O2S. The van der Waals surface area contributed by atoms with Crippen LogP contribution in [0.25, 0.3) is 0 Å². The van der Waals surface area contributed by atoms with E-state index in [4.69, 9.17) is 4.42 Å². The Morgan fingerprint density at radius 3 is 2.58 bits per heavy atom. The van der Waals surface area contributed by atoms with Crippen molar-refractivity contribution in [2.75, 3.05) is 25.9 Å². The van der Waals surface area contributed by atoms with Crippen molar-refractivity contribution in [1.82, 2.24) is 14.8 Å². The van der Waals surface area contributed by atoms with Gasteiger partial charge in [-0.1, -0.05) is 42.1 Å². The molecule has 5 nitrogen and oxygen atoms in total. The fraction of sp³-hybridized carbons (Fsp3) is 0.500. The number of oxazole rings is 1. The van der Waals surface area contributed by atoms with Crippen LogP contribution in [0.3, 0.4) is 0 Å². The number of nitrogens with zero attached hydrogens (tertiary/aromatic N) is 3. The average Bonchev–Trinajstić information content (AvgIpc) is 2.98. The first-order chi connectivity index (χ1) is 12.5. The molecule has 3 rings (SSSR count). The fourth-order valence-electron chi connectivity index (χ4n) is 3.28. The van der Waals surface area contributed by atoms with E-state index in [9.17, 15) is 4.79 Å². The van der Waals surface area contributed by atoms with E-state index >= 15 is 0 Å². The molecule has 1 aliphatic rings. The van der Waals surface area contributed by atoms with Crippen LogP contribution in [0, 0.1) is 13.8 Å². The van der Waals surface area contributed by atoms with Gasteiger partial charge in [0.15, 0.2) is 0 Å². The van der Waals surface area contributed by atoms with Crippen LogP contribution < -0.4 is 0 Å². The summed E-state index contributed by atoms with van der Waals surface area (Å²) in [6.45, 7) is 6.42. The van der Waals surface area contributed by atoms with Gasteiger partial charge in [0, 0.05) is 25.7 Å². The van der Waals surface area contributed by atoms with E-state index in [0.717, 1.165) is 43.9 Å². The maximum Gasteiger partial charge on any atom is 0.256 e. The first-order valence-electron chi connectivity index (χ1n) is 9.11. The van der Waals surface area contributed by atoms with Crippen molar-refractivity contribution in [3.8, 4) is 0 Å². The van der Waals surface area contributed by atoms with E-state index in [-0.39, 0.29) is 5.91 Å². The number of aromatic nitrogens is 1. The molecule has 2 aromatic rings. The predicted molar refractivity (Wildman–Crippen MR) is 104 cm³/mol. The van der Waals surface area contributed by atoms with Crippen molar-refractivity contribution in [2.45, 2.75) is 44.5 Å². The Bertz CT molecular complexity index is 704. The molecule has 0 unspecified atom stereocenters. The number of benzene rings is 1. The van der Waals surface area contributed by atoms with E-state index in [1.807, 2.05) is 24.8 Å². The number of amides is 1. The highest BCUT2D eigenvalue weighted by Crippen LogP contribution is 2.22. The molecule has 26 heavy (non-hydrogen) atoms. The standard InChI is InChI=1S/C20H27N3O2S/c1-15-16(2)25-20(21-15)26-14-19(24)23-11-9-18(10-12-23)22(3)13-17-7-5-4-6-8-17/h4-8,18H,9-14H2,1-3H3. The Morgan fingerprint density at radius 1 is 1.27 bits per heavy atom. The van der Waals surface area contributed by atoms with Crippen molar-refractivity contribution in [1.29, 1.82) is 0 Å². The number of carbonyl (C=O) groups is 1. The first kappa shape index (κ1) is 19.0. The highest BCUT2D eigenvalue weighted by Gasteiger charge is 2.25. The summed E-state index contributed by atoms with van der Waals surface area (Å²) in [5, 5.41) is 0.589. The number of aryl methyl sites for hydroxylation is 2. The van der Waals surface area contributed by atoms with Gasteiger partial charge in [-0.15, -0.1) is 0 Å². The normalized spacial score (nSPS) is 15.6. The molecule has 0 atom stereocenters. The van der Waals surface area contributed by atoms with Gasteiger partial charge in [-0.3, -0.25) is 9.69 Å². The van der Waals surface area contributed by atoms with Gasteiger partial charge in [-0.25, -0.2) is 4.98 Å². The van der Waals surface area contributed by atoms with Crippen LogP contribution in [0.4, 0.5) is 0 Å². The van der Waals surface area contributed by atoms with Gasteiger partial charge in [0.25, 0.3) is 5.22 Å². The molecule has 0 radical (unpaired) electrons. The van der Waals surface area contributed by atoms with Crippen LogP contribution in [0.1, 0.15) is 29.9 Å². The maximum absolute atomic E-state index is 12.5. The molecule has 0 aliphatic carbocycles. The molecule has 0 bridgehead atoms. The zero-order valence-corrected chi connectivity index (χ0v) is 16.6. The van der Waals surface area contributed by atoms with Crippen LogP contribution >= 0.6 is 11.8 Å². The maximum atomic E-state index is 12.5. The molecule has 1 saturated heterocycles. The summed E-state index contributed by atoms with van der Waals surface area (Å²) >= 11 is 1.39. The minimum atomic E-state index is 0.174. The third-order valence-corrected chi connectivity index (χ3v) is 5.86. The molecule has 1 aromatic heterocycles. The Labute approximate surface area is 159 Å². The Kier molecular flexibility index (Phi) is 6.38. The van der Waals surface area contributed by atoms with Gasteiger partial charge in [0.1, 0.15) is 5.76 Å². The van der Waals surface area contributed by atoms with Crippen molar-refractivity contribution in [3.05, 3.63) is 47.3 Å². The zero-order chi connectivity index (χ0) is 18.5. The van der Waals surface area contributed by atoms with Gasteiger partial charge < -0.3 is 9.32 Å². The smallest absolute Gasteiger partial charge is 0.256 e. The number of piperidine rings is 1. The lowest BCUT2D eigenvalue weighted by molar-refractivity contribution is -0.129. The average molecular weight is 374 g/mol. The van der Waals surface area contributed by atoms with Gasteiger partial charge >= 0.3 is 0 Å². The van der Waals surface area contributed by atoms with Crippen LogP contribution in [0.15, 0.2) is 40.0 Å². The summed E-state index contributed by atoms with van der Waals surface area (Å²) in [5.74, 6) is 1.39. The van der Waals surface area contributed by atoms with E-state index in [1.54, 1.807) is 0 Å². The minimum Gasteiger partial charge on any atom is -0.437 e. The number of hydrogen-bond acceptors (Lipinski definition) is 5. The number of rotatable bonds is 6. The third-order valence-electron chi connectivity index (χ3n) is 5.04. The van der Waals surface area contributed by atoms with Crippen LogP contribution in [-0.4, -0.2) is 52.6 Å². The van der Waals surface area contributed by atoms with E-state index in [2.05, 4.69) is 41.2 Å². The van der Waals surface area contributed by atoms with Crippen molar-refractivity contribution in [3.63, 3.8) is 0 Å². The second-order valence-electron chi connectivity index (χ2n) is 6.92. The molecular weight excluding hydrogens is 346 g/mol. The highest BCUT2D eigenvalue weighted by molar-refractivity contribution is 7.99. The van der Waals surface area contributed by atoms with Crippen molar-refractivity contribution >= 4 is 17.7 Å². The SMILES string of the molecule is Cc1nc(SCC(=O)N2CCC(N(C)Cc3ccccc3)CC2)oc1C. The predicted octanol–water partition coefficient (Wildman–Crippen LogP) is 3.51. The molecule has 1 amide bonds. The summed E-state index contributed by atoms with van der Waals surface area (Å²) in [5.41, 5.74) is 2.23. The van der Waals surface area contributed by atoms with Crippen LogP contribution in [0.2, 0.25) is 0 Å². The number of hydrogen-bond donors (Lipinski definition) is 0. The van der Waals surface area contributed by atoms with Crippen LogP contribution in [-0.2, 0) is 11.3 Å². The molecule has 0 N–H and O–H groups in total. The molecule has 1 fully saturated rings. The topological polar surface area (TPSA) is 49.6 Å². The third kappa shape index (κ3) is 4.89. The van der Waals surface area contributed by atoms with Gasteiger partial charge in [-0.05, 0) is 39.3 Å². The fourth-order valence-corrected chi connectivity index (χ4v) is 4.09. The lowest BCUT2D eigenvalue weighted by Crippen LogP contribution is -2.45. The summed E-state index contributed by atoms with van der Waals surface area (Å²) < 4.78 is 5.53. The lowest BCUT2D eigenvalue weighted by atomic mass is 10.0. The zero-order valence-electron chi connectivity index (χ0n) is 15.8. The van der Waals surface area contributed by atoms with Gasteiger partial charge in [0.05, 0.1) is 11.4 Å². The largest absolute Gasteiger partial charge is 0.437 e. The van der Waals surface area contributed by atoms with Crippen LogP contribution in [0.5, 0.6) is 0 Å². The molecule has 1 aromatic carbocycles. The Hall–Kier alpha value is -1.79. The molecule has 140 valence electrons. The Balaban J connectivity index is 1.43. The molecule has 1 aliphatic heterocycles. The molecule has 2 heterocycles. The lowest BCUT2D eigenvalue weighted by Gasteiger charge is -2.36. The molecule has 0 spiro atoms. The highest BCUT2D eigenvalue weighted by atomic mass is 32.2. The molecule has 6 heteroatoms. The van der Waals surface area contributed by atoms with E-state index in [1.165, 1.54) is 17.3 Å². The quantitative estimate of drug-likeness (QED) is 0.725. The van der Waals surface area contributed by atoms with Crippen molar-refractivity contribution in [2.24, 2.45) is 0 Å². The summed E-state index contributed by atoms with van der Waals surface area (Å²) in [6, 6.07) is 11.1. The second-order valence-corrected chi connectivity index (χ2v) is 7.85. The van der Waals surface area contributed by atoms with Gasteiger partial charge in [-0.2, -0.15) is 0 Å². The second kappa shape index (κ2) is 8.73. The number of thioether (sulfide) groups is 1. The number of likely N-dealkylation sites (tertiary alicyclic amines) is 1. The summed E-state index contributed by atoms with van der Waals surface area (Å²) in [7, 11) is 2.18. The van der Waals surface area contributed by atoms with E-state index in [0.29, 0.717) is 17.0 Å². The first-order valence-corrected chi connectivity index (χ1v) is 10.1. The summed E-state index contributed by atoms with van der Waals surface area (Å²) in [4.78, 5) is 21.2. The Morgan fingerprint density at radius 2 is 1.96 bits per heavy atom. The summed E-state index contributed by atoms with van der Waals surface area (Å²) in [6.07, 6.45) is 2.05. The monoisotopic (exact) mass is 373 g/mol.